The van der Waals surface area contributed by atoms with Crippen LogP contribution in [0.25, 0.3) is 0 Å². The molecule has 0 fully saturated rings. The van der Waals surface area contributed by atoms with Gasteiger partial charge in [0.1, 0.15) is 29.9 Å². The number of hydrogen-bond donors (Lipinski definition) is 1. The lowest BCUT2D eigenvalue weighted by atomic mass is 10.2. The van der Waals surface area contributed by atoms with E-state index in [1.807, 2.05) is 6.07 Å². The molecule has 0 spiro atoms. The standard InChI is InChI=1S/C14H12N2O2/c1-10-13(17)5-2-6-14(10)18-9-11-4-3-7-16-12(11)8-15/h2-7,17H,9H2,1H3. The predicted molar refractivity (Wildman–Crippen MR) is 66.1 cm³/mol. The van der Waals surface area contributed by atoms with Gasteiger partial charge >= 0.3 is 0 Å². The van der Waals surface area contributed by atoms with E-state index >= 15 is 0 Å². The van der Waals surface area contributed by atoms with E-state index in [2.05, 4.69) is 4.98 Å². The Morgan fingerprint density at radius 3 is 2.94 bits per heavy atom. The Bertz CT molecular complexity index is 603. The smallest absolute Gasteiger partial charge is 0.147 e. The van der Waals surface area contributed by atoms with Crippen molar-refractivity contribution in [1.82, 2.24) is 4.98 Å². The molecule has 90 valence electrons. The van der Waals surface area contributed by atoms with Crippen molar-refractivity contribution in [3.8, 4) is 17.6 Å². The summed E-state index contributed by atoms with van der Waals surface area (Å²) in [7, 11) is 0. The van der Waals surface area contributed by atoms with Crippen molar-refractivity contribution in [3.63, 3.8) is 0 Å². The molecular formula is C14H12N2O2. The van der Waals surface area contributed by atoms with Crippen molar-refractivity contribution in [2.24, 2.45) is 0 Å². The van der Waals surface area contributed by atoms with Crippen LogP contribution in [0.5, 0.6) is 11.5 Å². The molecule has 4 nitrogen and oxygen atoms in total. The van der Waals surface area contributed by atoms with Crippen LogP contribution in [0.3, 0.4) is 0 Å². The van der Waals surface area contributed by atoms with Gasteiger partial charge in [-0.3, -0.25) is 0 Å². The topological polar surface area (TPSA) is 66.1 Å². The molecular weight excluding hydrogens is 228 g/mol. The average Bonchev–Trinajstić information content (AvgIpc) is 2.41. The molecule has 0 radical (unpaired) electrons. The van der Waals surface area contributed by atoms with E-state index in [1.54, 1.807) is 43.5 Å². The molecule has 1 N–H and O–H groups in total. The van der Waals surface area contributed by atoms with Crippen molar-refractivity contribution in [3.05, 3.63) is 53.3 Å². The number of pyridine rings is 1. The molecule has 0 aliphatic rings. The van der Waals surface area contributed by atoms with Crippen LogP contribution in [-0.4, -0.2) is 10.1 Å². The van der Waals surface area contributed by atoms with Crippen LogP contribution in [0.15, 0.2) is 36.5 Å². The maximum absolute atomic E-state index is 9.55. The second kappa shape index (κ2) is 5.19. The third-order valence-corrected chi connectivity index (χ3v) is 2.64. The minimum absolute atomic E-state index is 0.194. The third-order valence-electron chi connectivity index (χ3n) is 2.64. The van der Waals surface area contributed by atoms with Crippen LogP contribution >= 0.6 is 0 Å². The number of rotatable bonds is 3. The van der Waals surface area contributed by atoms with E-state index in [1.165, 1.54) is 0 Å². The molecule has 0 unspecified atom stereocenters. The largest absolute Gasteiger partial charge is 0.508 e. The van der Waals surface area contributed by atoms with Gasteiger partial charge in [0.2, 0.25) is 0 Å². The average molecular weight is 240 g/mol. The van der Waals surface area contributed by atoms with Gasteiger partial charge in [-0.1, -0.05) is 12.1 Å². The second-order valence-electron chi connectivity index (χ2n) is 3.81. The van der Waals surface area contributed by atoms with Crippen molar-refractivity contribution < 1.29 is 9.84 Å². The van der Waals surface area contributed by atoms with E-state index in [0.29, 0.717) is 17.0 Å². The molecule has 1 aromatic carbocycles. The van der Waals surface area contributed by atoms with E-state index in [9.17, 15) is 5.11 Å². The molecule has 2 rings (SSSR count). The van der Waals surface area contributed by atoms with Crippen molar-refractivity contribution in [2.75, 3.05) is 0 Å². The van der Waals surface area contributed by atoms with Gasteiger partial charge in [0, 0.05) is 17.3 Å². The number of phenols is 1. The van der Waals surface area contributed by atoms with Gasteiger partial charge in [0.25, 0.3) is 0 Å². The molecule has 0 amide bonds. The van der Waals surface area contributed by atoms with Crippen LogP contribution in [0.1, 0.15) is 16.8 Å². The summed E-state index contributed by atoms with van der Waals surface area (Å²) in [5.74, 6) is 0.793. The fourth-order valence-corrected chi connectivity index (χ4v) is 1.57. The molecule has 0 atom stereocenters. The summed E-state index contributed by atoms with van der Waals surface area (Å²) < 4.78 is 5.60. The van der Waals surface area contributed by atoms with Gasteiger partial charge in [0.05, 0.1) is 0 Å². The number of aromatic nitrogens is 1. The molecule has 2 aromatic rings. The lowest BCUT2D eigenvalue weighted by molar-refractivity contribution is 0.301. The van der Waals surface area contributed by atoms with Gasteiger partial charge in [0.15, 0.2) is 0 Å². The summed E-state index contributed by atoms with van der Waals surface area (Å²) in [4.78, 5) is 3.96. The fourth-order valence-electron chi connectivity index (χ4n) is 1.57. The van der Waals surface area contributed by atoms with Crippen LogP contribution in [0, 0.1) is 18.3 Å². The van der Waals surface area contributed by atoms with Crippen LogP contribution in [0.2, 0.25) is 0 Å². The summed E-state index contributed by atoms with van der Waals surface area (Å²) in [6.45, 7) is 2.03. The number of benzene rings is 1. The lowest BCUT2D eigenvalue weighted by Crippen LogP contribution is -2.00. The molecule has 0 bridgehead atoms. The number of hydrogen-bond acceptors (Lipinski definition) is 4. The Morgan fingerprint density at radius 2 is 2.17 bits per heavy atom. The van der Waals surface area contributed by atoms with Crippen molar-refractivity contribution in [1.29, 1.82) is 5.26 Å². The lowest BCUT2D eigenvalue weighted by Gasteiger charge is -2.10. The monoisotopic (exact) mass is 240 g/mol. The van der Waals surface area contributed by atoms with Gasteiger partial charge in [-0.25, -0.2) is 4.98 Å². The third kappa shape index (κ3) is 2.41. The summed E-state index contributed by atoms with van der Waals surface area (Å²) in [5, 5.41) is 18.5. The normalized spacial score (nSPS) is 9.78. The van der Waals surface area contributed by atoms with E-state index in [0.717, 1.165) is 5.56 Å². The Morgan fingerprint density at radius 1 is 1.33 bits per heavy atom. The number of nitrogens with zero attached hydrogens (tertiary/aromatic N) is 2. The van der Waals surface area contributed by atoms with Gasteiger partial charge in [-0.15, -0.1) is 0 Å². The Hall–Kier alpha value is -2.54. The van der Waals surface area contributed by atoms with E-state index < -0.39 is 0 Å². The molecule has 18 heavy (non-hydrogen) atoms. The Balaban J connectivity index is 2.17. The molecule has 0 aliphatic carbocycles. The van der Waals surface area contributed by atoms with Gasteiger partial charge in [-0.05, 0) is 25.1 Å². The highest BCUT2D eigenvalue weighted by Crippen LogP contribution is 2.26. The van der Waals surface area contributed by atoms with Crippen molar-refractivity contribution >= 4 is 0 Å². The first-order chi connectivity index (χ1) is 8.72. The molecule has 1 aromatic heterocycles. The van der Waals surface area contributed by atoms with Gasteiger partial charge in [-0.2, -0.15) is 5.26 Å². The first kappa shape index (κ1) is 11.9. The number of phenolic OH excluding ortho intramolecular Hbond substituents is 1. The van der Waals surface area contributed by atoms with Crippen LogP contribution in [-0.2, 0) is 6.61 Å². The first-order valence-electron chi connectivity index (χ1n) is 5.47. The highest BCUT2D eigenvalue weighted by molar-refractivity contribution is 5.42. The highest BCUT2D eigenvalue weighted by Gasteiger charge is 2.06. The molecule has 0 saturated carbocycles. The highest BCUT2D eigenvalue weighted by atomic mass is 16.5. The Labute approximate surface area is 105 Å². The minimum Gasteiger partial charge on any atom is -0.508 e. The van der Waals surface area contributed by atoms with E-state index in [-0.39, 0.29) is 12.4 Å². The number of aromatic hydroxyl groups is 1. The predicted octanol–water partition coefficient (Wildman–Crippen LogP) is 2.55. The SMILES string of the molecule is Cc1c(O)cccc1OCc1cccnc1C#N. The molecule has 0 aliphatic heterocycles. The minimum atomic E-state index is 0.194. The summed E-state index contributed by atoms with van der Waals surface area (Å²) in [6, 6.07) is 10.7. The maximum atomic E-state index is 9.55. The van der Waals surface area contributed by atoms with Crippen LogP contribution < -0.4 is 4.74 Å². The Kier molecular flexibility index (Phi) is 3.44. The zero-order valence-electron chi connectivity index (χ0n) is 9.92. The van der Waals surface area contributed by atoms with Crippen molar-refractivity contribution in [2.45, 2.75) is 13.5 Å². The maximum Gasteiger partial charge on any atom is 0.147 e. The van der Waals surface area contributed by atoms with E-state index in [4.69, 9.17) is 10.00 Å². The number of ether oxygens (including phenoxy) is 1. The summed E-state index contributed by atoms with van der Waals surface area (Å²) in [6.07, 6.45) is 1.57. The molecule has 4 heteroatoms. The first-order valence-corrected chi connectivity index (χ1v) is 5.47. The quantitative estimate of drug-likeness (QED) is 0.895. The fraction of sp³-hybridized carbons (Fsp3) is 0.143. The van der Waals surface area contributed by atoms with Crippen LogP contribution in [0.4, 0.5) is 0 Å². The summed E-state index contributed by atoms with van der Waals surface area (Å²) >= 11 is 0. The molecule has 0 saturated heterocycles. The second-order valence-corrected chi connectivity index (χ2v) is 3.81. The zero-order chi connectivity index (χ0) is 13.0. The molecule has 1 heterocycles. The number of nitriles is 1. The van der Waals surface area contributed by atoms with Gasteiger partial charge < -0.3 is 9.84 Å². The summed E-state index contributed by atoms with van der Waals surface area (Å²) in [5.41, 5.74) is 1.76. The zero-order valence-corrected chi connectivity index (χ0v) is 9.92.